The Hall–Kier alpha value is -1.93. The van der Waals surface area contributed by atoms with E-state index < -0.39 is 0 Å². The molecule has 0 spiro atoms. The van der Waals surface area contributed by atoms with Crippen LogP contribution in [0.25, 0.3) is 0 Å². The largest absolute Gasteiger partial charge is 0.352 e. The van der Waals surface area contributed by atoms with Crippen molar-refractivity contribution in [1.29, 1.82) is 0 Å². The summed E-state index contributed by atoms with van der Waals surface area (Å²) >= 11 is 3.53. The molecule has 1 saturated heterocycles. The van der Waals surface area contributed by atoms with Gasteiger partial charge in [-0.15, -0.1) is 0 Å². The van der Waals surface area contributed by atoms with Crippen molar-refractivity contribution >= 4 is 39.5 Å². The van der Waals surface area contributed by atoms with Crippen LogP contribution in [0.5, 0.6) is 0 Å². The maximum absolute atomic E-state index is 4.72. The lowest BCUT2D eigenvalue weighted by Gasteiger charge is -2.23. The second-order valence-corrected chi connectivity index (χ2v) is 9.50. The Morgan fingerprint density at radius 3 is 2.52 bits per heavy atom. The van der Waals surface area contributed by atoms with Gasteiger partial charge in [-0.05, 0) is 57.0 Å². The smallest absolute Gasteiger partial charge is 0.233 e. The molecule has 1 aliphatic carbocycles. The molecular weight excluding hydrogens is 454 g/mol. The van der Waals surface area contributed by atoms with Crippen LogP contribution >= 0.6 is 15.9 Å². The van der Waals surface area contributed by atoms with Crippen molar-refractivity contribution < 1.29 is 0 Å². The second-order valence-electron chi connectivity index (χ2n) is 8.58. The minimum Gasteiger partial charge on any atom is -0.352 e. The van der Waals surface area contributed by atoms with Gasteiger partial charge in [-0.25, -0.2) is 0 Å². The van der Waals surface area contributed by atoms with Crippen molar-refractivity contribution in [3.8, 4) is 0 Å². The number of benzene rings is 1. The number of nitrogens with one attached hydrogen (secondary N) is 3. The van der Waals surface area contributed by atoms with Gasteiger partial charge in [0.1, 0.15) is 0 Å². The number of hydrogen-bond donors (Lipinski definition) is 3. The van der Waals surface area contributed by atoms with Gasteiger partial charge in [0.2, 0.25) is 17.8 Å². The molecule has 0 amide bonds. The highest BCUT2D eigenvalue weighted by Gasteiger charge is 2.23. The molecule has 0 radical (unpaired) electrons. The number of nitrogens with zero attached hydrogens (tertiary/aromatic N) is 4. The fraction of sp³-hybridized carbons (Fsp3) is 0.609. The van der Waals surface area contributed by atoms with Crippen molar-refractivity contribution in [2.75, 3.05) is 35.6 Å². The Morgan fingerprint density at radius 2 is 1.74 bits per heavy atom. The first-order chi connectivity index (χ1) is 15.2. The maximum Gasteiger partial charge on any atom is 0.233 e. The summed E-state index contributed by atoms with van der Waals surface area (Å²) in [6, 6.07) is 9.01. The van der Waals surface area contributed by atoms with Gasteiger partial charge in [0.15, 0.2) is 0 Å². The van der Waals surface area contributed by atoms with Crippen molar-refractivity contribution in [2.24, 2.45) is 0 Å². The van der Waals surface area contributed by atoms with E-state index in [4.69, 9.17) is 4.98 Å². The van der Waals surface area contributed by atoms with Gasteiger partial charge >= 0.3 is 0 Å². The molecule has 2 heterocycles. The van der Waals surface area contributed by atoms with Crippen molar-refractivity contribution in [3.05, 3.63) is 28.7 Å². The van der Waals surface area contributed by atoms with Gasteiger partial charge in [0.25, 0.3) is 0 Å². The van der Waals surface area contributed by atoms with E-state index in [-0.39, 0.29) is 0 Å². The van der Waals surface area contributed by atoms with Gasteiger partial charge < -0.3 is 16.0 Å². The molecule has 1 aromatic carbocycles. The molecule has 0 bridgehead atoms. The molecule has 2 aromatic rings. The highest BCUT2D eigenvalue weighted by molar-refractivity contribution is 9.10. The number of likely N-dealkylation sites (tertiary alicyclic amines) is 1. The molecule has 31 heavy (non-hydrogen) atoms. The Morgan fingerprint density at radius 1 is 0.968 bits per heavy atom. The van der Waals surface area contributed by atoms with E-state index in [2.05, 4.69) is 53.7 Å². The van der Waals surface area contributed by atoms with Crippen molar-refractivity contribution in [3.63, 3.8) is 0 Å². The lowest BCUT2D eigenvalue weighted by molar-refractivity contribution is 0.277. The Balaban J connectivity index is 1.50. The average Bonchev–Trinajstić information content (AvgIpc) is 3.07. The predicted molar refractivity (Wildman–Crippen MR) is 131 cm³/mol. The number of rotatable bonds is 8. The SMILES string of the molecule is CCN1CCCC1CNc1nc(Nc2cccc(Br)c2)nc(NC2CCCCCC2)n1. The summed E-state index contributed by atoms with van der Waals surface area (Å²) in [4.78, 5) is 16.6. The number of halogens is 1. The first kappa shape index (κ1) is 22.3. The summed E-state index contributed by atoms with van der Waals surface area (Å²) in [6.45, 7) is 5.37. The van der Waals surface area contributed by atoms with E-state index in [1.807, 2.05) is 24.3 Å². The van der Waals surface area contributed by atoms with Crippen LogP contribution in [0.2, 0.25) is 0 Å². The zero-order valence-electron chi connectivity index (χ0n) is 18.4. The van der Waals surface area contributed by atoms with Crippen LogP contribution in [0, 0.1) is 0 Å². The number of likely N-dealkylation sites (N-methyl/N-ethyl adjacent to an activating group) is 1. The van der Waals surface area contributed by atoms with Crippen LogP contribution in [-0.2, 0) is 0 Å². The fourth-order valence-corrected chi connectivity index (χ4v) is 5.03. The molecular formula is C23H34BrN7. The Bertz CT molecular complexity index is 838. The predicted octanol–water partition coefficient (Wildman–Crippen LogP) is 5.41. The second kappa shape index (κ2) is 11.1. The Kier molecular flexibility index (Phi) is 7.97. The lowest BCUT2D eigenvalue weighted by Crippen LogP contribution is -2.35. The van der Waals surface area contributed by atoms with Gasteiger partial charge in [-0.3, -0.25) is 4.90 Å². The molecule has 3 N–H and O–H groups in total. The molecule has 168 valence electrons. The molecule has 1 atom stereocenters. The van der Waals surface area contributed by atoms with Crippen LogP contribution in [0.3, 0.4) is 0 Å². The van der Waals surface area contributed by atoms with Crippen LogP contribution < -0.4 is 16.0 Å². The van der Waals surface area contributed by atoms with E-state index in [1.54, 1.807) is 0 Å². The van der Waals surface area contributed by atoms with E-state index in [9.17, 15) is 0 Å². The van der Waals surface area contributed by atoms with Gasteiger partial charge in [0, 0.05) is 28.8 Å². The topological polar surface area (TPSA) is 78.0 Å². The summed E-state index contributed by atoms with van der Waals surface area (Å²) in [5, 5.41) is 10.4. The molecule has 2 aliphatic rings. The van der Waals surface area contributed by atoms with Gasteiger partial charge in [-0.2, -0.15) is 15.0 Å². The van der Waals surface area contributed by atoms with E-state index in [0.717, 1.165) is 23.2 Å². The molecule has 7 nitrogen and oxygen atoms in total. The molecule has 1 saturated carbocycles. The minimum atomic E-state index is 0.432. The monoisotopic (exact) mass is 487 g/mol. The summed E-state index contributed by atoms with van der Waals surface area (Å²) in [5.41, 5.74) is 0.944. The van der Waals surface area contributed by atoms with E-state index in [1.165, 1.54) is 57.9 Å². The standard InChI is InChI=1S/C23H34BrN7/c1-2-31-14-8-13-20(31)16-25-21-28-22(26-18-10-5-3-4-6-11-18)30-23(29-21)27-19-12-7-9-17(24)15-19/h7,9,12,15,18,20H,2-6,8,10-11,13-14,16H2,1H3,(H3,25,26,27,28,29,30). The zero-order chi connectivity index (χ0) is 21.5. The van der Waals surface area contributed by atoms with Crippen LogP contribution in [0.4, 0.5) is 23.5 Å². The molecule has 4 rings (SSSR count). The molecule has 1 aromatic heterocycles. The molecule has 8 heteroatoms. The van der Waals surface area contributed by atoms with Gasteiger partial charge in [0.05, 0.1) is 0 Å². The first-order valence-corrected chi connectivity index (χ1v) is 12.5. The van der Waals surface area contributed by atoms with Crippen LogP contribution in [0.15, 0.2) is 28.7 Å². The van der Waals surface area contributed by atoms with Crippen molar-refractivity contribution in [2.45, 2.75) is 70.4 Å². The zero-order valence-corrected chi connectivity index (χ0v) is 20.0. The normalized spacial score (nSPS) is 20.4. The van der Waals surface area contributed by atoms with E-state index >= 15 is 0 Å². The third-order valence-corrected chi connectivity index (χ3v) is 6.80. The fourth-order valence-electron chi connectivity index (χ4n) is 4.63. The van der Waals surface area contributed by atoms with E-state index in [0.29, 0.717) is 29.9 Å². The Labute approximate surface area is 194 Å². The molecule has 1 aliphatic heterocycles. The van der Waals surface area contributed by atoms with Gasteiger partial charge in [-0.1, -0.05) is 54.6 Å². The van der Waals surface area contributed by atoms with Crippen LogP contribution in [0.1, 0.15) is 58.3 Å². The summed E-state index contributed by atoms with van der Waals surface area (Å²) in [5.74, 6) is 1.85. The lowest BCUT2D eigenvalue weighted by atomic mass is 10.1. The highest BCUT2D eigenvalue weighted by Crippen LogP contribution is 2.23. The third-order valence-electron chi connectivity index (χ3n) is 6.31. The quantitative estimate of drug-likeness (QED) is 0.429. The van der Waals surface area contributed by atoms with Crippen LogP contribution in [-0.4, -0.2) is 51.6 Å². The minimum absolute atomic E-state index is 0.432. The highest BCUT2D eigenvalue weighted by atomic mass is 79.9. The molecule has 2 fully saturated rings. The number of hydrogen-bond acceptors (Lipinski definition) is 7. The number of aromatic nitrogens is 3. The van der Waals surface area contributed by atoms with Crippen molar-refractivity contribution in [1.82, 2.24) is 19.9 Å². The third kappa shape index (κ3) is 6.53. The first-order valence-electron chi connectivity index (χ1n) is 11.7. The summed E-state index contributed by atoms with van der Waals surface area (Å²) < 4.78 is 1.02. The molecule has 1 unspecified atom stereocenters. The summed E-state index contributed by atoms with van der Waals surface area (Å²) in [6.07, 6.45) is 10.0. The maximum atomic E-state index is 4.72. The number of anilines is 4. The summed E-state index contributed by atoms with van der Waals surface area (Å²) in [7, 11) is 0. The average molecular weight is 488 g/mol.